The number of hydrogen-bond donors (Lipinski definition) is 0. The third kappa shape index (κ3) is 3.55. The largest absolute Gasteiger partial charge is 0.456 e. The molecule has 0 spiro atoms. The molecule has 5 nitrogen and oxygen atoms in total. The van der Waals surface area contributed by atoms with Gasteiger partial charge in [-0.2, -0.15) is 8.42 Å². The van der Waals surface area contributed by atoms with Crippen molar-refractivity contribution < 1.29 is 17.0 Å². The first-order valence-corrected chi connectivity index (χ1v) is 8.74. The summed E-state index contributed by atoms with van der Waals surface area (Å²) < 4.78 is 32.9. The average molecular weight is 351 g/mol. The highest BCUT2D eigenvalue weighted by Gasteiger charge is 2.10. The molecular weight excluding hydrogens is 340 g/mol. The van der Waals surface area contributed by atoms with Crippen LogP contribution >= 0.6 is 11.6 Å². The first-order chi connectivity index (χ1) is 10.8. The summed E-state index contributed by atoms with van der Waals surface area (Å²) in [7, 11) is -3.66. The average Bonchev–Trinajstić information content (AvgIpc) is 2.45. The van der Waals surface area contributed by atoms with Crippen molar-refractivity contribution in [3.05, 3.63) is 63.8 Å². The van der Waals surface area contributed by atoms with Crippen LogP contribution in [0.5, 0.6) is 5.75 Å². The summed E-state index contributed by atoms with van der Waals surface area (Å²) in [6.45, 7) is 0. The highest BCUT2D eigenvalue weighted by molar-refractivity contribution is 7.86. The predicted molar refractivity (Wildman–Crippen MR) is 88.4 cm³/mol. The lowest BCUT2D eigenvalue weighted by Crippen LogP contribution is -2.06. The van der Waals surface area contributed by atoms with Crippen LogP contribution in [0.25, 0.3) is 22.3 Å². The van der Waals surface area contributed by atoms with Crippen molar-refractivity contribution in [2.45, 2.75) is 0 Å². The van der Waals surface area contributed by atoms with Gasteiger partial charge in [-0.25, -0.2) is 0 Å². The van der Waals surface area contributed by atoms with Crippen LogP contribution in [0, 0.1) is 0 Å². The number of fused-ring (bicyclic) bond motifs is 1. The molecule has 1 heterocycles. The standard InChI is InChI=1S/C16H11ClO5S/c1-23(19,20)22-12-6-7-13-14(18)9-15(21-16(13)8-12)10-2-4-11(17)5-3-10/h2-9H,1H3. The van der Waals surface area contributed by atoms with E-state index in [9.17, 15) is 13.2 Å². The minimum atomic E-state index is -3.66. The topological polar surface area (TPSA) is 73.6 Å². The molecule has 0 fully saturated rings. The molecule has 0 bridgehead atoms. The van der Waals surface area contributed by atoms with Gasteiger partial charge in [-0.15, -0.1) is 0 Å². The van der Waals surface area contributed by atoms with Gasteiger partial charge < -0.3 is 8.60 Å². The van der Waals surface area contributed by atoms with Crippen LogP contribution < -0.4 is 9.61 Å². The monoisotopic (exact) mass is 350 g/mol. The van der Waals surface area contributed by atoms with Crippen LogP contribution in [0.15, 0.2) is 57.7 Å². The Morgan fingerprint density at radius 1 is 1.04 bits per heavy atom. The Balaban J connectivity index is 2.15. The summed E-state index contributed by atoms with van der Waals surface area (Å²) in [6.07, 6.45) is 0.942. The third-order valence-electron chi connectivity index (χ3n) is 3.08. The molecule has 0 aliphatic rings. The SMILES string of the molecule is CS(=O)(=O)Oc1ccc2c(=O)cc(-c3ccc(Cl)cc3)oc2c1. The maximum atomic E-state index is 12.2. The zero-order valence-corrected chi connectivity index (χ0v) is 13.5. The van der Waals surface area contributed by atoms with Crippen LogP contribution in [0.2, 0.25) is 5.02 Å². The Morgan fingerprint density at radius 2 is 1.74 bits per heavy atom. The van der Waals surface area contributed by atoms with Gasteiger partial charge in [-0.1, -0.05) is 11.6 Å². The van der Waals surface area contributed by atoms with Gasteiger partial charge in [0.15, 0.2) is 5.43 Å². The van der Waals surface area contributed by atoms with Crippen molar-refractivity contribution in [1.82, 2.24) is 0 Å². The molecule has 1 aromatic heterocycles. The maximum absolute atomic E-state index is 12.2. The number of hydrogen-bond acceptors (Lipinski definition) is 5. The van der Waals surface area contributed by atoms with Crippen LogP contribution in [0.3, 0.4) is 0 Å². The van der Waals surface area contributed by atoms with E-state index in [-0.39, 0.29) is 16.8 Å². The van der Waals surface area contributed by atoms with Crippen molar-refractivity contribution in [1.29, 1.82) is 0 Å². The minimum Gasteiger partial charge on any atom is -0.456 e. The lowest BCUT2D eigenvalue weighted by molar-refractivity contribution is 0.492. The molecule has 0 radical (unpaired) electrons. The zero-order chi connectivity index (χ0) is 16.6. The van der Waals surface area contributed by atoms with E-state index in [4.69, 9.17) is 20.2 Å². The minimum absolute atomic E-state index is 0.0800. The summed E-state index contributed by atoms with van der Waals surface area (Å²) in [4.78, 5) is 12.2. The molecule has 0 amide bonds. The fraction of sp³-hybridized carbons (Fsp3) is 0.0625. The first kappa shape index (κ1) is 15.6. The first-order valence-electron chi connectivity index (χ1n) is 6.55. The molecule has 2 aromatic carbocycles. The smallest absolute Gasteiger partial charge is 0.306 e. The lowest BCUT2D eigenvalue weighted by Gasteiger charge is -2.06. The highest BCUT2D eigenvalue weighted by atomic mass is 35.5. The summed E-state index contributed by atoms with van der Waals surface area (Å²) in [5.74, 6) is 0.437. The van der Waals surface area contributed by atoms with Gasteiger partial charge in [0, 0.05) is 22.7 Å². The van der Waals surface area contributed by atoms with E-state index < -0.39 is 10.1 Å². The molecule has 0 saturated heterocycles. The third-order valence-corrected chi connectivity index (χ3v) is 3.82. The molecule has 7 heteroatoms. The van der Waals surface area contributed by atoms with Gasteiger partial charge in [0.25, 0.3) is 0 Å². The molecule has 118 valence electrons. The van der Waals surface area contributed by atoms with Gasteiger partial charge >= 0.3 is 10.1 Å². The van der Waals surface area contributed by atoms with Crippen molar-refractivity contribution in [2.24, 2.45) is 0 Å². The maximum Gasteiger partial charge on any atom is 0.306 e. The van der Waals surface area contributed by atoms with Gasteiger partial charge in [0.05, 0.1) is 11.6 Å². The Bertz CT molecular complexity index is 1040. The Hall–Kier alpha value is -2.31. The van der Waals surface area contributed by atoms with Crippen molar-refractivity contribution in [3.8, 4) is 17.1 Å². The van der Waals surface area contributed by atoms with Crippen molar-refractivity contribution >= 4 is 32.7 Å². The summed E-state index contributed by atoms with van der Waals surface area (Å²) in [6, 6.07) is 12.4. The van der Waals surface area contributed by atoms with Gasteiger partial charge in [-0.05, 0) is 36.4 Å². The van der Waals surface area contributed by atoms with E-state index in [0.717, 1.165) is 6.26 Å². The Morgan fingerprint density at radius 3 is 2.39 bits per heavy atom. The fourth-order valence-electron chi connectivity index (χ4n) is 2.12. The summed E-state index contributed by atoms with van der Waals surface area (Å²) in [5.41, 5.74) is 0.688. The van der Waals surface area contributed by atoms with E-state index in [1.807, 2.05) is 0 Å². The van der Waals surface area contributed by atoms with Gasteiger partial charge in [0.1, 0.15) is 17.1 Å². The molecule has 0 unspecified atom stereocenters. The van der Waals surface area contributed by atoms with Gasteiger partial charge in [-0.3, -0.25) is 4.79 Å². The molecule has 0 aliphatic carbocycles. The summed E-state index contributed by atoms with van der Waals surface area (Å²) in [5, 5.41) is 0.907. The second kappa shape index (κ2) is 5.72. The molecule has 3 rings (SSSR count). The normalized spacial score (nSPS) is 11.6. The molecule has 0 N–H and O–H groups in total. The lowest BCUT2D eigenvalue weighted by atomic mass is 10.1. The second-order valence-corrected chi connectivity index (χ2v) is 6.94. The predicted octanol–water partition coefficient (Wildman–Crippen LogP) is 3.45. The molecule has 3 aromatic rings. The van der Waals surface area contributed by atoms with E-state index in [0.29, 0.717) is 21.7 Å². The van der Waals surface area contributed by atoms with E-state index >= 15 is 0 Å². The second-order valence-electron chi connectivity index (χ2n) is 4.93. The molecule has 0 saturated carbocycles. The van der Waals surface area contributed by atoms with E-state index in [1.165, 1.54) is 24.3 Å². The summed E-state index contributed by atoms with van der Waals surface area (Å²) >= 11 is 5.84. The zero-order valence-electron chi connectivity index (χ0n) is 11.9. The Labute approximate surface area is 137 Å². The molecule has 23 heavy (non-hydrogen) atoms. The molecule has 0 aliphatic heterocycles. The highest BCUT2D eigenvalue weighted by Crippen LogP contribution is 2.26. The number of benzene rings is 2. The van der Waals surface area contributed by atoms with Crippen LogP contribution in [0.1, 0.15) is 0 Å². The van der Waals surface area contributed by atoms with Crippen LogP contribution in [0.4, 0.5) is 0 Å². The van der Waals surface area contributed by atoms with E-state index in [1.54, 1.807) is 24.3 Å². The Kier molecular flexibility index (Phi) is 3.87. The number of rotatable bonds is 3. The molecule has 0 atom stereocenters. The molecular formula is C16H11ClO5S. The van der Waals surface area contributed by atoms with Crippen LogP contribution in [-0.2, 0) is 10.1 Å². The van der Waals surface area contributed by atoms with Crippen molar-refractivity contribution in [3.63, 3.8) is 0 Å². The fourth-order valence-corrected chi connectivity index (χ4v) is 2.70. The van der Waals surface area contributed by atoms with Gasteiger partial charge in [0.2, 0.25) is 0 Å². The van der Waals surface area contributed by atoms with E-state index in [2.05, 4.69) is 0 Å². The van der Waals surface area contributed by atoms with Crippen molar-refractivity contribution in [2.75, 3.05) is 6.26 Å². The number of halogens is 1. The van der Waals surface area contributed by atoms with Crippen LogP contribution in [-0.4, -0.2) is 14.7 Å². The quantitative estimate of drug-likeness (QED) is 0.676.